The van der Waals surface area contributed by atoms with E-state index in [-0.39, 0.29) is 42.4 Å². The van der Waals surface area contributed by atoms with Crippen LogP contribution in [0.4, 0.5) is 0 Å². The van der Waals surface area contributed by atoms with Crippen LogP contribution < -0.4 is 4.74 Å². The number of aliphatic imine (C=N–C) groups is 1. The first-order valence-corrected chi connectivity index (χ1v) is 14.3. The van der Waals surface area contributed by atoms with Gasteiger partial charge >= 0.3 is 17.9 Å². The number of carboxylic acids is 1. The summed E-state index contributed by atoms with van der Waals surface area (Å²) in [4.78, 5) is 51.8. The smallest absolute Gasteiger partial charge is 0.340 e. The molecule has 44 heavy (non-hydrogen) atoms. The number of rotatable bonds is 9. The Bertz CT molecular complexity index is 1680. The second-order valence-electron chi connectivity index (χ2n) is 10.9. The van der Waals surface area contributed by atoms with E-state index >= 15 is 0 Å². The summed E-state index contributed by atoms with van der Waals surface area (Å²) in [5, 5.41) is 11.0. The average Bonchev–Trinajstić information content (AvgIpc) is 3.03. The van der Waals surface area contributed by atoms with Gasteiger partial charge < -0.3 is 19.3 Å². The second-order valence-corrected chi connectivity index (χ2v) is 10.9. The van der Waals surface area contributed by atoms with Gasteiger partial charge in [0.25, 0.3) is 0 Å². The van der Waals surface area contributed by atoms with E-state index in [1.54, 1.807) is 36.5 Å². The number of benzene rings is 1. The van der Waals surface area contributed by atoms with Crippen molar-refractivity contribution in [1.29, 1.82) is 0 Å². The summed E-state index contributed by atoms with van der Waals surface area (Å²) in [6.07, 6.45) is 11.8. The van der Waals surface area contributed by atoms with Crippen molar-refractivity contribution in [3.63, 3.8) is 0 Å². The van der Waals surface area contributed by atoms with Crippen molar-refractivity contribution >= 4 is 29.7 Å². The number of aromatic nitrogens is 2. The lowest BCUT2D eigenvalue weighted by Crippen LogP contribution is -2.48. The molecule has 3 atom stereocenters. The number of aliphatic carboxylic acids is 1. The lowest BCUT2D eigenvalue weighted by molar-refractivity contribution is -0.141. The number of carboxylic acid groups (broad SMARTS) is 1. The molecule has 0 saturated heterocycles. The van der Waals surface area contributed by atoms with Crippen LogP contribution in [0.15, 0.2) is 72.4 Å². The Hall–Kier alpha value is -5.12. The Kier molecular flexibility index (Phi) is 8.71. The zero-order chi connectivity index (χ0) is 31.4. The minimum Gasteiger partial charge on any atom is -0.486 e. The highest BCUT2D eigenvalue weighted by atomic mass is 16.6. The van der Waals surface area contributed by atoms with Gasteiger partial charge in [0.15, 0.2) is 0 Å². The number of fused-ring (bicyclic) bond motifs is 1. The van der Waals surface area contributed by atoms with Crippen LogP contribution in [0.2, 0.25) is 0 Å². The van der Waals surface area contributed by atoms with Gasteiger partial charge in [-0.25, -0.2) is 9.59 Å². The first kappa shape index (κ1) is 30.3. The third-order valence-electron chi connectivity index (χ3n) is 8.07. The van der Waals surface area contributed by atoms with Crippen LogP contribution in [0.5, 0.6) is 5.75 Å². The predicted molar refractivity (Wildman–Crippen MR) is 163 cm³/mol. The molecule has 3 unspecified atom stereocenters. The molecule has 0 fully saturated rings. The SMILES string of the molecule is Cc1c(C)c(C2(C(=O)O)CC=CN=C2CC(COC(=O)c2cccnc2)OC(=O)c2cccnc2)c(C)c2c1OC(C)C=C2. The summed E-state index contributed by atoms with van der Waals surface area (Å²) < 4.78 is 17.5. The molecular formula is C34H33N3O7. The Morgan fingerprint density at radius 3 is 2.34 bits per heavy atom. The van der Waals surface area contributed by atoms with Gasteiger partial charge in [-0.2, -0.15) is 0 Å². The molecule has 5 rings (SSSR count). The second kappa shape index (κ2) is 12.6. The highest BCUT2D eigenvalue weighted by molar-refractivity contribution is 6.13. The molecule has 0 saturated carbocycles. The number of carbonyl (C=O) groups is 3. The van der Waals surface area contributed by atoms with Crippen molar-refractivity contribution in [1.82, 2.24) is 9.97 Å². The van der Waals surface area contributed by atoms with Crippen LogP contribution in [-0.4, -0.2) is 57.5 Å². The minimum atomic E-state index is -1.58. The number of allylic oxidation sites excluding steroid dienone is 1. The van der Waals surface area contributed by atoms with Gasteiger partial charge in [-0.15, -0.1) is 0 Å². The van der Waals surface area contributed by atoms with Gasteiger partial charge in [-0.3, -0.25) is 19.8 Å². The molecule has 2 aliphatic rings. The molecule has 1 aromatic carbocycles. The average molecular weight is 596 g/mol. The van der Waals surface area contributed by atoms with Crippen molar-refractivity contribution in [2.24, 2.45) is 4.99 Å². The van der Waals surface area contributed by atoms with Gasteiger partial charge in [-0.05, 0) is 86.7 Å². The van der Waals surface area contributed by atoms with E-state index in [2.05, 4.69) is 15.0 Å². The predicted octanol–water partition coefficient (Wildman–Crippen LogP) is 5.35. The largest absolute Gasteiger partial charge is 0.486 e. The molecule has 0 spiro atoms. The molecule has 0 radical (unpaired) electrons. The maximum absolute atomic E-state index is 13.4. The van der Waals surface area contributed by atoms with E-state index in [0.29, 0.717) is 5.56 Å². The fourth-order valence-electron chi connectivity index (χ4n) is 5.78. The summed E-state index contributed by atoms with van der Waals surface area (Å²) in [6.45, 7) is 7.31. The van der Waals surface area contributed by atoms with E-state index in [0.717, 1.165) is 28.0 Å². The maximum atomic E-state index is 13.4. The molecule has 226 valence electrons. The lowest BCUT2D eigenvalue weighted by atomic mass is 9.66. The van der Waals surface area contributed by atoms with Crippen molar-refractivity contribution < 1.29 is 33.7 Å². The molecule has 2 aromatic heterocycles. The molecule has 2 aliphatic heterocycles. The number of pyridine rings is 2. The summed E-state index contributed by atoms with van der Waals surface area (Å²) in [6, 6.07) is 6.31. The third-order valence-corrected chi connectivity index (χ3v) is 8.07. The normalized spacial score (nSPS) is 19.3. The monoisotopic (exact) mass is 595 g/mol. The molecule has 3 aromatic rings. The van der Waals surface area contributed by atoms with Crippen LogP contribution in [0.3, 0.4) is 0 Å². The lowest BCUT2D eigenvalue weighted by Gasteiger charge is -2.38. The standard InChI is InChI=1S/C34H33N3O7/c1-20-10-11-27-23(4)29(21(2)22(3)30(27)43-20)34(33(40)41)12-7-15-37-28(34)16-26(44-32(39)25-9-6-14-36-18-25)19-42-31(38)24-8-5-13-35-17-24/h5-11,13-15,17-18,20,26H,12,16,19H2,1-4H3,(H,40,41). The molecule has 0 aliphatic carbocycles. The first-order chi connectivity index (χ1) is 21.1. The first-order valence-electron chi connectivity index (χ1n) is 14.3. The fourth-order valence-corrected chi connectivity index (χ4v) is 5.78. The van der Waals surface area contributed by atoms with Crippen molar-refractivity contribution in [2.75, 3.05) is 6.61 Å². The highest BCUT2D eigenvalue weighted by Crippen LogP contribution is 2.45. The maximum Gasteiger partial charge on any atom is 0.340 e. The van der Waals surface area contributed by atoms with E-state index in [1.807, 2.05) is 39.8 Å². The Morgan fingerprint density at radius 1 is 1.02 bits per heavy atom. The quantitative estimate of drug-likeness (QED) is 0.325. The summed E-state index contributed by atoms with van der Waals surface area (Å²) in [7, 11) is 0. The van der Waals surface area contributed by atoms with E-state index in [1.165, 1.54) is 24.8 Å². The zero-order valence-electron chi connectivity index (χ0n) is 24.9. The third kappa shape index (κ3) is 5.75. The summed E-state index contributed by atoms with van der Waals surface area (Å²) in [5.41, 5.74) is 2.94. The molecule has 0 amide bonds. The van der Waals surface area contributed by atoms with Crippen LogP contribution in [-0.2, 0) is 19.7 Å². The van der Waals surface area contributed by atoms with Gasteiger partial charge in [0.05, 0.1) is 11.1 Å². The summed E-state index contributed by atoms with van der Waals surface area (Å²) >= 11 is 0. The van der Waals surface area contributed by atoms with Crippen LogP contribution in [0.1, 0.15) is 68.3 Å². The van der Waals surface area contributed by atoms with Crippen LogP contribution >= 0.6 is 0 Å². The van der Waals surface area contributed by atoms with Gasteiger partial charge in [0.2, 0.25) is 0 Å². The number of nitrogens with zero attached hydrogens (tertiary/aromatic N) is 3. The molecule has 1 N–H and O–H groups in total. The van der Waals surface area contributed by atoms with E-state index in [9.17, 15) is 19.5 Å². The number of carbonyl (C=O) groups excluding carboxylic acids is 2. The van der Waals surface area contributed by atoms with Gasteiger partial charge in [0.1, 0.15) is 30.0 Å². The van der Waals surface area contributed by atoms with Crippen molar-refractivity contribution in [2.45, 2.75) is 58.2 Å². The molecule has 4 heterocycles. The number of ether oxygens (including phenoxy) is 3. The van der Waals surface area contributed by atoms with Crippen molar-refractivity contribution in [3.05, 3.63) is 106 Å². The Labute approximate surface area is 255 Å². The number of esters is 2. The Morgan fingerprint density at radius 2 is 1.70 bits per heavy atom. The number of hydrogen-bond acceptors (Lipinski definition) is 9. The van der Waals surface area contributed by atoms with E-state index in [4.69, 9.17) is 14.2 Å². The zero-order valence-corrected chi connectivity index (χ0v) is 24.9. The van der Waals surface area contributed by atoms with Gasteiger partial charge in [-0.1, -0.05) is 12.2 Å². The molecule has 10 nitrogen and oxygen atoms in total. The number of hydrogen-bond donors (Lipinski definition) is 1. The fraction of sp³-hybridized carbons (Fsp3) is 0.294. The van der Waals surface area contributed by atoms with Crippen LogP contribution in [0.25, 0.3) is 6.08 Å². The Balaban J connectivity index is 1.54. The van der Waals surface area contributed by atoms with Gasteiger partial charge in [0, 0.05) is 48.7 Å². The molecule has 0 bridgehead atoms. The molecular weight excluding hydrogens is 562 g/mol. The highest BCUT2D eigenvalue weighted by Gasteiger charge is 2.49. The van der Waals surface area contributed by atoms with E-state index < -0.39 is 29.4 Å². The van der Waals surface area contributed by atoms with Crippen LogP contribution in [0, 0.1) is 20.8 Å². The summed E-state index contributed by atoms with van der Waals surface area (Å²) in [5.74, 6) is -1.71. The van der Waals surface area contributed by atoms with Crippen molar-refractivity contribution in [3.8, 4) is 5.75 Å². The minimum absolute atomic E-state index is 0.110. The molecule has 10 heteroatoms. The topological polar surface area (TPSA) is 137 Å².